The lowest BCUT2D eigenvalue weighted by Crippen LogP contribution is -2.50. The molecule has 11 heteroatoms. The fourth-order valence-electron chi connectivity index (χ4n) is 3.94. The monoisotopic (exact) mass is 429 g/mol. The van der Waals surface area contributed by atoms with Crippen molar-refractivity contribution in [1.29, 1.82) is 0 Å². The molecule has 9 nitrogen and oxygen atoms in total. The van der Waals surface area contributed by atoms with Crippen LogP contribution in [-0.4, -0.2) is 59.0 Å². The van der Waals surface area contributed by atoms with E-state index in [0.717, 1.165) is 11.1 Å². The van der Waals surface area contributed by atoms with Crippen molar-refractivity contribution in [3.05, 3.63) is 36.9 Å². The zero-order valence-electron chi connectivity index (χ0n) is 16.7. The normalized spacial score (nSPS) is 21.0. The standard InChI is InChI=1S/C20H21F2N7O2/c1-2-20(30)7-13(8-20)25-19-26-18(31-10-15(21)22)17-14(5-6-28(17)27-19)12-3-4-16-23-11-24-29(16)9-12/h3-6,9,11,13,15,30H,2,7-8,10H2,1H3,(H,25,27). The average molecular weight is 429 g/mol. The van der Waals surface area contributed by atoms with Gasteiger partial charge < -0.3 is 15.2 Å². The number of alkyl halides is 2. The molecule has 1 saturated carbocycles. The number of nitrogens with zero attached hydrogens (tertiary/aromatic N) is 6. The zero-order chi connectivity index (χ0) is 21.6. The van der Waals surface area contributed by atoms with Gasteiger partial charge in [-0.05, 0) is 37.5 Å². The first-order chi connectivity index (χ1) is 14.9. The first-order valence-corrected chi connectivity index (χ1v) is 10.0. The highest BCUT2D eigenvalue weighted by Gasteiger charge is 2.41. The van der Waals surface area contributed by atoms with E-state index >= 15 is 0 Å². The van der Waals surface area contributed by atoms with Crippen LogP contribution in [0.25, 0.3) is 22.3 Å². The van der Waals surface area contributed by atoms with E-state index in [9.17, 15) is 13.9 Å². The van der Waals surface area contributed by atoms with E-state index in [0.29, 0.717) is 30.4 Å². The Balaban J connectivity index is 1.52. The van der Waals surface area contributed by atoms with Crippen LogP contribution in [0.5, 0.6) is 5.88 Å². The molecule has 162 valence electrons. The summed E-state index contributed by atoms with van der Waals surface area (Å²) in [6.07, 6.45) is 4.16. The Morgan fingerprint density at radius 3 is 2.90 bits per heavy atom. The Bertz CT molecular complexity index is 1230. The molecule has 0 unspecified atom stereocenters. The molecule has 0 spiro atoms. The number of aliphatic hydroxyl groups is 1. The van der Waals surface area contributed by atoms with Crippen molar-refractivity contribution in [3.8, 4) is 17.0 Å². The molecule has 1 aliphatic carbocycles. The van der Waals surface area contributed by atoms with Crippen molar-refractivity contribution in [2.24, 2.45) is 0 Å². The molecule has 0 aliphatic heterocycles. The van der Waals surface area contributed by atoms with Gasteiger partial charge in [0, 0.05) is 29.6 Å². The first kappa shape index (κ1) is 19.6. The molecule has 0 radical (unpaired) electrons. The van der Waals surface area contributed by atoms with Gasteiger partial charge in [-0.2, -0.15) is 10.1 Å². The molecule has 2 N–H and O–H groups in total. The largest absolute Gasteiger partial charge is 0.470 e. The van der Waals surface area contributed by atoms with Crippen LogP contribution in [0.3, 0.4) is 0 Å². The predicted octanol–water partition coefficient (Wildman–Crippen LogP) is 2.80. The molecule has 31 heavy (non-hydrogen) atoms. The summed E-state index contributed by atoms with van der Waals surface area (Å²) in [6, 6.07) is 5.51. The maximum Gasteiger partial charge on any atom is 0.272 e. The summed E-state index contributed by atoms with van der Waals surface area (Å²) in [6.45, 7) is 1.16. The van der Waals surface area contributed by atoms with Crippen molar-refractivity contribution in [1.82, 2.24) is 29.2 Å². The Hall–Kier alpha value is -3.34. The fourth-order valence-corrected chi connectivity index (χ4v) is 3.94. The van der Waals surface area contributed by atoms with E-state index in [4.69, 9.17) is 4.74 Å². The van der Waals surface area contributed by atoms with Crippen LogP contribution >= 0.6 is 0 Å². The highest BCUT2D eigenvalue weighted by molar-refractivity contribution is 5.84. The van der Waals surface area contributed by atoms with Crippen molar-refractivity contribution >= 4 is 17.1 Å². The summed E-state index contributed by atoms with van der Waals surface area (Å²) in [5, 5.41) is 22.0. The molecule has 4 aromatic rings. The maximum absolute atomic E-state index is 12.9. The van der Waals surface area contributed by atoms with Crippen LogP contribution in [0.15, 0.2) is 36.9 Å². The third-order valence-electron chi connectivity index (χ3n) is 5.65. The molecule has 5 rings (SSSR count). The minimum Gasteiger partial charge on any atom is -0.470 e. The van der Waals surface area contributed by atoms with Crippen molar-refractivity contribution < 1.29 is 18.6 Å². The number of fused-ring (bicyclic) bond motifs is 2. The molecule has 0 atom stereocenters. The van der Waals surface area contributed by atoms with Crippen LogP contribution in [0.2, 0.25) is 0 Å². The Kier molecular flexibility index (Phi) is 4.69. The van der Waals surface area contributed by atoms with Gasteiger partial charge >= 0.3 is 0 Å². The Morgan fingerprint density at radius 1 is 1.29 bits per heavy atom. The number of hydrogen-bond donors (Lipinski definition) is 2. The average Bonchev–Trinajstić information content (AvgIpc) is 3.36. The summed E-state index contributed by atoms with van der Waals surface area (Å²) in [5.74, 6) is 0.315. The fraction of sp³-hybridized carbons (Fsp3) is 0.400. The van der Waals surface area contributed by atoms with Gasteiger partial charge in [0.05, 0.1) is 5.60 Å². The molecule has 0 bridgehead atoms. The summed E-state index contributed by atoms with van der Waals surface area (Å²) < 4.78 is 34.3. The smallest absolute Gasteiger partial charge is 0.272 e. The maximum atomic E-state index is 12.9. The van der Waals surface area contributed by atoms with Crippen molar-refractivity contribution in [3.63, 3.8) is 0 Å². The molecule has 0 aromatic carbocycles. The molecule has 0 saturated heterocycles. The van der Waals surface area contributed by atoms with Crippen LogP contribution in [-0.2, 0) is 0 Å². The van der Waals surface area contributed by atoms with E-state index in [1.807, 2.05) is 25.1 Å². The van der Waals surface area contributed by atoms with Crippen LogP contribution in [0.1, 0.15) is 26.2 Å². The third-order valence-corrected chi connectivity index (χ3v) is 5.65. The minimum absolute atomic E-state index is 0.00936. The van der Waals surface area contributed by atoms with Gasteiger partial charge in [0.15, 0.2) is 12.3 Å². The van der Waals surface area contributed by atoms with Crippen molar-refractivity contribution in [2.45, 2.75) is 44.3 Å². The quantitative estimate of drug-likeness (QED) is 0.466. The van der Waals surface area contributed by atoms with E-state index < -0.39 is 18.6 Å². The lowest BCUT2D eigenvalue weighted by Gasteiger charge is -2.43. The number of hydrogen-bond acceptors (Lipinski definition) is 7. The van der Waals surface area contributed by atoms with E-state index in [1.165, 1.54) is 6.33 Å². The molecule has 1 fully saturated rings. The SMILES string of the molecule is CCC1(O)CC(Nc2nc(OCC(F)F)c3c(-c4ccc5ncnn5c4)ccn3n2)C1. The van der Waals surface area contributed by atoms with Crippen LogP contribution in [0, 0.1) is 0 Å². The number of ether oxygens (including phenoxy) is 1. The second kappa shape index (κ2) is 7.41. The van der Waals surface area contributed by atoms with Crippen LogP contribution in [0.4, 0.5) is 14.7 Å². The number of rotatable bonds is 7. The third kappa shape index (κ3) is 3.65. The summed E-state index contributed by atoms with van der Waals surface area (Å²) in [7, 11) is 0. The summed E-state index contributed by atoms with van der Waals surface area (Å²) in [5.41, 5.74) is 2.01. The number of anilines is 1. The lowest BCUT2D eigenvalue weighted by atomic mass is 9.74. The lowest BCUT2D eigenvalue weighted by molar-refractivity contribution is -0.0442. The van der Waals surface area contributed by atoms with E-state index in [2.05, 4.69) is 25.5 Å². The predicted molar refractivity (Wildman–Crippen MR) is 108 cm³/mol. The molecule has 4 heterocycles. The minimum atomic E-state index is -2.64. The van der Waals surface area contributed by atoms with Gasteiger partial charge in [-0.1, -0.05) is 6.92 Å². The number of aromatic nitrogens is 6. The number of pyridine rings is 1. The Labute approximate surface area is 175 Å². The molecular weight excluding hydrogens is 408 g/mol. The zero-order valence-corrected chi connectivity index (χ0v) is 16.7. The topological polar surface area (TPSA) is 102 Å². The number of halogens is 2. The highest BCUT2D eigenvalue weighted by Crippen LogP contribution is 2.37. The second-order valence-corrected chi connectivity index (χ2v) is 7.77. The molecule has 0 amide bonds. The van der Waals surface area contributed by atoms with Gasteiger partial charge in [-0.15, -0.1) is 5.10 Å². The van der Waals surface area contributed by atoms with E-state index in [1.54, 1.807) is 21.4 Å². The molecule has 4 aromatic heterocycles. The van der Waals surface area contributed by atoms with Gasteiger partial charge in [-0.25, -0.2) is 22.8 Å². The molecular formula is C20H21F2N7O2. The van der Waals surface area contributed by atoms with Gasteiger partial charge in [0.25, 0.3) is 6.43 Å². The van der Waals surface area contributed by atoms with Crippen LogP contribution < -0.4 is 10.1 Å². The summed E-state index contributed by atoms with van der Waals surface area (Å²) in [4.78, 5) is 8.49. The van der Waals surface area contributed by atoms with Gasteiger partial charge in [-0.3, -0.25) is 0 Å². The van der Waals surface area contributed by atoms with Gasteiger partial charge in [0.2, 0.25) is 11.8 Å². The number of nitrogens with one attached hydrogen (secondary N) is 1. The van der Waals surface area contributed by atoms with Gasteiger partial charge in [0.1, 0.15) is 11.8 Å². The second-order valence-electron chi connectivity index (χ2n) is 7.77. The summed E-state index contributed by atoms with van der Waals surface area (Å²) >= 11 is 0. The Morgan fingerprint density at radius 2 is 2.13 bits per heavy atom. The van der Waals surface area contributed by atoms with E-state index in [-0.39, 0.29) is 17.9 Å². The molecule has 1 aliphatic rings. The first-order valence-electron chi connectivity index (χ1n) is 10.0. The highest BCUT2D eigenvalue weighted by atomic mass is 19.3. The van der Waals surface area contributed by atoms with Crippen molar-refractivity contribution in [2.75, 3.05) is 11.9 Å².